The van der Waals surface area contributed by atoms with Crippen LogP contribution in [0.5, 0.6) is 0 Å². The molecular weight excluding hydrogens is 274 g/mol. The van der Waals surface area contributed by atoms with E-state index in [1.165, 1.54) is 18.4 Å². The second kappa shape index (κ2) is 5.75. The van der Waals surface area contributed by atoms with Crippen molar-refractivity contribution < 1.29 is 9.59 Å². The minimum atomic E-state index is -0.310. The quantitative estimate of drug-likeness (QED) is 0.751. The molecule has 1 aromatic carbocycles. The number of carbonyl (C=O) groups excluding carboxylic acids is 2. The van der Waals surface area contributed by atoms with E-state index in [1.807, 2.05) is 6.07 Å². The van der Waals surface area contributed by atoms with E-state index in [0.29, 0.717) is 21.0 Å². The van der Waals surface area contributed by atoms with Crippen LogP contribution >= 0.6 is 11.3 Å². The van der Waals surface area contributed by atoms with Crippen LogP contribution in [0.15, 0.2) is 30.3 Å². The number of hydrogen-bond acceptors (Lipinski definition) is 5. The lowest BCUT2D eigenvalue weighted by atomic mass is 10.1. The van der Waals surface area contributed by atoms with Crippen LogP contribution in [-0.4, -0.2) is 25.8 Å². The summed E-state index contributed by atoms with van der Waals surface area (Å²) in [5.74, 6) is -0.491. The summed E-state index contributed by atoms with van der Waals surface area (Å²) in [6.45, 7) is 0. The van der Waals surface area contributed by atoms with Gasteiger partial charge in [0.2, 0.25) is 5.78 Å². The zero-order chi connectivity index (χ0) is 14.7. The van der Waals surface area contributed by atoms with E-state index in [1.54, 1.807) is 31.3 Å². The van der Waals surface area contributed by atoms with Crippen molar-refractivity contribution in [1.82, 2.24) is 5.32 Å². The maximum Gasteiger partial charge on any atom is 0.256 e. The van der Waals surface area contributed by atoms with E-state index in [9.17, 15) is 9.59 Å². The van der Waals surface area contributed by atoms with E-state index in [-0.39, 0.29) is 17.4 Å². The summed E-state index contributed by atoms with van der Waals surface area (Å²) in [5.41, 5.74) is 7.07. The molecule has 1 amide bonds. The Labute approximate surface area is 120 Å². The van der Waals surface area contributed by atoms with Crippen molar-refractivity contribution in [2.75, 3.05) is 25.1 Å². The Hall–Kier alpha value is -2.34. The number of amides is 1. The summed E-state index contributed by atoms with van der Waals surface area (Å²) in [4.78, 5) is 24.7. The Kier molecular flexibility index (Phi) is 4.05. The van der Waals surface area contributed by atoms with Crippen LogP contribution in [0.2, 0.25) is 0 Å². The van der Waals surface area contributed by atoms with Gasteiger partial charge in [0, 0.05) is 19.7 Å². The van der Waals surface area contributed by atoms with E-state index in [0.717, 1.165) is 0 Å². The van der Waals surface area contributed by atoms with Crippen LogP contribution in [0, 0.1) is 0 Å². The van der Waals surface area contributed by atoms with Gasteiger partial charge in [0.15, 0.2) is 0 Å². The standard InChI is InChI=1S/C14H15N3O2S/c1-16-13(19)9-10(15)12(20-14(9)17-2)11(18)8-6-4-3-5-7-8/h3-7,17H,15H2,1-2H3,(H,16,19). The summed E-state index contributed by atoms with van der Waals surface area (Å²) in [6, 6.07) is 8.86. The third kappa shape index (κ3) is 2.37. The van der Waals surface area contributed by atoms with Crippen LogP contribution in [0.1, 0.15) is 25.6 Å². The molecule has 104 valence electrons. The average molecular weight is 289 g/mol. The maximum absolute atomic E-state index is 12.4. The fourth-order valence-electron chi connectivity index (χ4n) is 1.86. The molecule has 0 aliphatic heterocycles. The first-order valence-corrected chi connectivity index (χ1v) is 6.83. The Morgan fingerprint density at radius 1 is 1.15 bits per heavy atom. The highest BCUT2D eigenvalue weighted by molar-refractivity contribution is 7.19. The molecule has 0 aliphatic carbocycles. The first-order chi connectivity index (χ1) is 9.60. The number of rotatable bonds is 4. The first kappa shape index (κ1) is 14.1. The molecule has 0 radical (unpaired) electrons. The van der Waals surface area contributed by atoms with Crippen molar-refractivity contribution in [3.05, 3.63) is 46.3 Å². The van der Waals surface area contributed by atoms with Crippen LogP contribution in [0.4, 0.5) is 10.7 Å². The lowest BCUT2D eigenvalue weighted by molar-refractivity contribution is 0.0965. The smallest absolute Gasteiger partial charge is 0.256 e. The van der Waals surface area contributed by atoms with Gasteiger partial charge in [-0.15, -0.1) is 11.3 Å². The van der Waals surface area contributed by atoms with Gasteiger partial charge >= 0.3 is 0 Å². The van der Waals surface area contributed by atoms with Gasteiger partial charge in [-0.05, 0) is 0 Å². The number of thiophene rings is 1. The van der Waals surface area contributed by atoms with Crippen molar-refractivity contribution in [1.29, 1.82) is 0 Å². The third-order valence-corrected chi connectivity index (χ3v) is 4.09. The fraction of sp³-hybridized carbons (Fsp3) is 0.143. The average Bonchev–Trinajstić information content (AvgIpc) is 2.83. The molecular formula is C14H15N3O2S. The largest absolute Gasteiger partial charge is 0.397 e. The minimum Gasteiger partial charge on any atom is -0.397 e. The number of nitrogen functional groups attached to an aromatic ring is 1. The predicted molar refractivity (Wildman–Crippen MR) is 81.5 cm³/mol. The number of anilines is 2. The molecule has 0 bridgehead atoms. The molecule has 0 aliphatic rings. The minimum absolute atomic E-state index is 0.181. The Morgan fingerprint density at radius 3 is 2.35 bits per heavy atom. The summed E-state index contributed by atoms with van der Waals surface area (Å²) in [7, 11) is 3.21. The first-order valence-electron chi connectivity index (χ1n) is 6.02. The number of hydrogen-bond donors (Lipinski definition) is 3. The normalized spacial score (nSPS) is 10.1. The van der Waals surface area contributed by atoms with Crippen molar-refractivity contribution in [3.63, 3.8) is 0 Å². The molecule has 2 aromatic rings. The van der Waals surface area contributed by atoms with Gasteiger partial charge in [-0.3, -0.25) is 9.59 Å². The highest BCUT2D eigenvalue weighted by atomic mass is 32.1. The van der Waals surface area contributed by atoms with Gasteiger partial charge in [0.1, 0.15) is 9.88 Å². The Morgan fingerprint density at radius 2 is 1.80 bits per heavy atom. The third-order valence-electron chi connectivity index (χ3n) is 2.87. The summed E-state index contributed by atoms with van der Waals surface area (Å²) in [6.07, 6.45) is 0. The van der Waals surface area contributed by atoms with Gasteiger partial charge in [-0.2, -0.15) is 0 Å². The molecule has 2 rings (SSSR count). The summed E-state index contributed by atoms with van der Waals surface area (Å²) in [5, 5.41) is 6.01. The zero-order valence-electron chi connectivity index (χ0n) is 11.2. The van der Waals surface area contributed by atoms with E-state index >= 15 is 0 Å². The van der Waals surface area contributed by atoms with E-state index < -0.39 is 0 Å². The van der Waals surface area contributed by atoms with Gasteiger partial charge in [-0.25, -0.2) is 0 Å². The molecule has 1 aromatic heterocycles. The molecule has 4 N–H and O–H groups in total. The zero-order valence-corrected chi connectivity index (χ0v) is 12.0. The van der Waals surface area contributed by atoms with Crippen LogP contribution in [-0.2, 0) is 0 Å². The number of nitrogens with two attached hydrogens (primary N) is 1. The fourth-order valence-corrected chi connectivity index (χ4v) is 2.89. The van der Waals surface area contributed by atoms with Gasteiger partial charge in [0.25, 0.3) is 5.91 Å². The van der Waals surface area contributed by atoms with Gasteiger partial charge < -0.3 is 16.4 Å². The van der Waals surface area contributed by atoms with Gasteiger partial charge in [-0.1, -0.05) is 30.3 Å². The maximum atomic E-state index is 12.4. The molecule has 6 heteroatoms. The lowest BCUT2D eigenvalue weighted by Gasteiger charge is -2.03. The monoisotopic (exact) mass is 289 g/mol. The highest BCUT2D eigenvalue weighted by Gasteiger charge is 2.24. The molecule has 1 heterocycles. The molecule has 20 heavy (non-hydrogen) atoms. The molecule has 0 unspecified atom stereocenters. The topological polar surface area (TPSA) is 84.2 Å². The SMILES string of the molecule is CNC(=O)c1c(NC)sc(C(=O)c2ccccc2)c1N. The molecule has 0 saturated carbocycles. The van der Waals surface area contributed by atoms with Crippen molar-refractivity contribution >= 4 is 33.7 Å². The molecule has 0 saturated heterocycles. The number of benzene rings is 1. The van der Waals surface area contributed by atoms with Crippen LogP contribution in [0.3, 0.4) is 0 Å². The number of ketones is 1. The molecule has 0 atom stereocenters. The van der Waals surface area contributed by atoms with Crippen LogP contribution < -0.4 is 16.4 Å². The second-order valence-electron chi connectivity index (χ2n) is 4.07. The van der Waals surface area contributed by atoms with Crippen molar-refractivity contribution in [2.24, 2.45) is 0 Å². The lowest BCUT2D eigenvalue weighted by Crippen LogP contribution is -2.19. The number of carbonyl (C=O) groups is 2. The van der Waals surface area contributed by atoms with Crippen LogP contribution in [0.25, 0.3) is 0 Å². The van der Waals surface area contributed by atoms with Gasteiger partial charge in [0.05, 0.1) is 11.3 Å². The number of nitrogens with one attached hydrogen (secondary N) is 2. The predicted octanol–water partition coefficient (Wildman–Crippen LogP) is 1.96. The Balaban J connectivity index is 2.51. The second-order valence-corrected chi connectivity index (χ2v) is 5.09. The Bertz CT molecular complexity index is 650. The summed E-state index contributed by atoms with van der Waals surface area (Å²) >= 11 is 1.19. The van der Waals surface area contributed by atoms with E-state index in [2.05, 4.69) is 10.6 Å². The molecule has 5 nitrogen and oxygen atoms in total. The van der Waals surface area contributed by atoms with E-state index in [4.69, 9.17) is 5.73 Å². The summed E-state index contributed by atoms with van der Waals surface area (Å²) < 4.78 is 0. The molecule has 0 fully saturated rings. The van der Waals surface area contributed by atoms with Crippen molar-refractivity contribution in [3.8, 4) is 0 Å². The molecule has 0 spiro atoms. The van der Waals surface area contributed by atoms with Crippen molar-refractivity contribution in [2.45, 2.75) is 0 Å². The highest BCUT2D eigenvalue weighted by Crippen LogP contribution is 2.36.